The molecule has 1 unspecified atom stereocenters. The number of carbonyl (C=O) groups excluding carboxylic acids is 2. The van der Waals surface area contributed by atoms with Gasteiger partial charge >= 0.3 is 0 Å². The lowest BCUT2D eigenvalue weighted by Gasteiger charge is -2.26. The summed E-state index contributed by atoms with van der Waals surface area (Å²) in [4.78, 5) is 29.2. The van der Waals surface area contributed by atoms with Crippen molar-refractivity contribution in [1.82, 2.24) is 9.80 Å². The Morgan fingerprint density at radius 1 is 1.06 bits per heavy atom. The van der Waals surface area contributed by atoms with E-state index >= 15 is 0 Å². The second kappa shape index (κ2) is 9.09. The van der Waals surface area contributed by atoms with Crippen molar-refractivity contribution in [2.75, 3.05) is 41.4 Å². The van der Waals surface area contributed by atoms with Gasteiger partial charge in [-0.2, -0.15) is 0 Å². The molecule has 0 radical (unpaired) electrons. The normalized spacial score (nSPS) is 18.0. The SMILES string of the molecule is COc1ccc(/C(O)=C2/C(=O)C(=O)N(CCN(C)C)C2c2ccc(O)cc2)c(OC)c1. The number of rotatable bonds is 7. The Bertz CT molecular complexity index is 1010. The first-order chi connectivity index (χ1) is 14.8. The van der Waals surface area contributed by atoms with E-state index < -0.39 is 17.7 Å². The first-order valence-electron chi connectivity index (χ1n) is 9.73. The van der Waals surface area contributed by atoms with Crippen LogP contribution in [0.4, 0.5) is 0 Å². The third-order valence-electron chi connectivity index (χ3n) is 5.20. The van der Waals surface area contributed by atoms with Gasteiger partial charge in [-0.3, -0.25) is 9.59 Å². The number of aliphatic hydroxyl groups is 1. The number of aliphatic hydroxyl groups excluding tert-OH is 1. The molecule has 0 bridgehead atoms. The number of hydrogen-bond donors (Lipinski definition) is 2. The summed E-state index contributed by atoms with van der Waals surface area (Å²) >= 11 is 0. The van der Waals surface area contributed by atoms with Crippen LogP contribution in [0.5, 0.6) is 17.2 Å². The lowest BCUT2D eigenvalue weighted by molar-refractivity contribution is -0.140. The zero-order valence-electron chi connectivity index (χ0n) is 18.0. The largest absolute Gasteiger partial charge is 0.508 e. The highest BCUT2D eigenvalue weighted by Crippen LogP contribution is 2.41. The predicted molar refractivity (Wildman–Crippen MR) is 115 cm³/mol. The van der Waals surface area contributed by atoms with Gasteiger partial charge < -0.3 is 29.5 Å². The fourth-order valence-electron chi connectivity index (χ4n) is 3.56. The predicted octanol–water partition coefficient (Wildman–Crippen LogP) is 2.39. The molecule has 164 valence electrons. The van der Waals surface area contributed by atoms with Gasteiger partial charge in [-0.25, -0.2) is 0 Å². The van der Waals surface area contributed by atoms with Crippen molar-refractivity contribution < 1.29 is 29.3 Å². The summed E-state index contributed by atoms with van der Waals surface area (Å²) in [5.74, 6) is -0.897. The average Bonchev–Trinajstić information content (AvgIpc) is 3.01. The molecule has 2 aromatic rings. The zero-order chi connectivity index (χ0) is 22.7. The van der Waals surface area contributed by atoms with Gasteiger partial charge in [0.15, 0.2) is 0 Å². The molecule has 31 heavy (non-hydrogen) atoms. The van der Waals surface area contributed by atoms with Gasteiger partial charge in [0, 0.05) is 19.2 Å². The van der Waals surface area contributed by atoms with E-state index in [9.17, 15) is 19.8 Å². The summed E-state index contributed by atoms with van der Waals surface area (Å²) in [6, 6.07) is 10.2. The van der Waals surface area contributed by atoms with E-state index in [0.717, 1.165) is 0 Å². The van der Waals surface area contributed by atoms with E-state index in [-0.39, 0.29) is 22.6 Å². The van der Waals surface area contributed by atoms with E-state index in [1.807, 2.05) is 19.0 Å². The third-order valence-corrected chi connectivity index (χ3v) is 5.20. The number of likely N-dealkylation sites (N-methyl/N-ethyl adjacent to an activating group) is 1. The number of methoxy groups -OCH3 is 2. The fraction of sp³-hybridized carbons (Fsp3) is 0.304. The summed E-state index contributed by atoms with van der Waals surface area (Å²) < 4.78 is 10.6. The highest BCUT2D eigenvalue weighted by Gasteiger charge is 2.46. The number of ether oxygens (including phenoxy) is 2. The molecule has 8 heteroatoms. The van der Waals surface area contributed by atoms with Crippen molar-refractivity contribution in [3.05, 3.63) is 59.2 Å². The minimum absolute atomic E-state index is 0.0297. The Labute approximate surface area is 180 Å². The van der Waals surface area contributed by atoms with Gasteiger partial charge in [-0.15, -0.1) is 0 Å². The zero-order valence-corrected chi connectivity index (χ0v) is 18.0. The molecule has 1 heterocycles. The Morgan fingerprint density at radius 2 is 1.74 bits per heavy atom. The molecule has 1 aliphatic heterocycles. The Balaban J connectivity index is 2.18. The van der Waals surface area contributed by atoms with Gasteiger partial charge in [-0.05, 0) is 43.9 Å². The van der Waals surface area contributed by atoms with Crippen LogP contribution in [0.3, 0.4) is 0 Å². The molecule has 1 saturated heterocycles. The van der Waals surface area contributed by atoms with Crippen molar-refractivity contribution in [3.8, 4) is 17.2 Å². The van der Waals surface area contributed by atoms with Crippen molar-refractivity contribution >= 4 is 17.4 Å². The molecule has 0 aliphatic carbocycles. The first kappa shape index (κ1) is 22.2. The Morgan fingerprint density at radius 3 is 2.32 bits per heavy atom. The van der Waals surface area contributed by atoms with Crippen molar-refractivity contribution in [2.45, 2.75) is 6.04 Å². The molecule has 1 amide bonds. The highest BCUT2D eigenvalue weighted by molar-refractivity contribution is 6.46. The lowest BCUT2D eigenvalue weighted by atomic mass is 9.95. The number of nitrogens with zero attached hydrogens (tertiary/aromatic N) is 2. The van der Waals surface area contributed by atoms with E-state index in [1.165, 1.54) is 31.3 Å². The fourth-order valence-corrected chi connectivity index (χ4v) is 3.56. The van der Waals surface area contributed by atoms with Crippen LogP contribution in [0, 0.1) is 0 Å². The quantitative estimate of drug-likeness (QED) is 0.398. The number of benzene rings is 2. The number of phenols is 1. The number of Topliss-reactive ketones (excluding diaryl/α,β-unsaturated/α-hetero) is 1. The molecule has 0 aromatic heterocycles. The van der Waals surface area contributed by atoms with E-state index in [4.69, 9.17) is 9.47 Å². The van der Waals surface area contributed by atoms with Crippen LogP contribution in [0.2, 0.25) is 0 Å². The summed E-state index contributed by atoms with van der Waals surface area (Å²) in [5, 5.41) is 20.8. The topological polar surface area (TPSA) is 99.5 Å². The van der Waals surface area contributed by atoms with Gasteiger partial charge in [0.2, 0.25) is 0 Å². The molecule has 2 N–H and O–H groups in total. The summed E-state index contributed by atoms with van der Waals surface area (Å²) in [6.07, 6.45) is 0. The molecule has 0 saturated carbocycles. The standard InChI is InChI=1S/C23H26N2O6/c1-24(2)11-12-25-20(14-5-7-15(26)8-6-14)19(22(28)23(25)29)21(27)17-10-9-16(30-3)13-18(17)31-4/h5-10,13,20,26-27H,11-12H2,1-4H3/b21-19-. The smallest absolute Gasteiger partial charge is 0.295 e. The minimum atomic E-state index is -0.799. The molecule has 0 spiro atoms. The van der Waals surface area contributed by atoms with Crippen LogP contribution in [0.15, 0.2) is 48.0 Å². The highest BCUT2D eigenvalue weighted by atomic mass is 16.5. The van der Waals surface area contributed by atoms with Gasteiger partial charge in [-0.1, -0.05) is 12.1 Å². The van der Waals surface area contributed by atoms with E-state index in [0.29, 0.717) is 30.2 Å². The molecule has 1 aliphatic rings. The van der Waals surface area contributed by atoms with Crippen LogP contribution in [0.1, 0.15) is 17.2 Å². The summed E-state index contributed by atoms with van der Waals surface area (Å²) in [6.45, 7) is 0.827. The minimum Gasteiger partial charge on any atom is -0.508 e. The van der Waals surface area contributed by atoms with Crippen molar-refractivity contribution in [1.29, 1.82) is 0 Å². The molecule has 8 nitrogen and oxygen atoms in total. The van der Waals surface area contributed by atoms with E-state index in [1.54, 1.807) is 30.3 Å². The second-order valence-electron chi connectivity index (χ2n) is 7.45. The Hall–Kier alpha value is -3.52. The molecular weight excluding hydrogens is 400 g/mol. The third kappa shape index (κ3) is 4.34. The number of amides is 1. The molecular formula is C23H26N2O6. The van der Waals surface area contributed by atoms with Crippen LogP contribution in [-0.4, -0.2) is 73.1 Å². The molecule has 3 rings (SSSR count). The van der Waals surface area contributed by atoms with E-state index in [2.05, 4.69) is 0 Å². The summed E-state index contributed by atoms with van der Waals surface area (Å²) in [7, 11) is 6.69. The van der Waals surface area contributed by atoms with Crippen LogP contribution >= 0.6 is 0 Å². The number of likely N-dealkylation sites (tertiary alicyclic amines) is 1. The number of carbonyl (C=O) groups is 2. The molecule has 2 aromatic carbocycles. The monoisotopic (exact) mass is 426 g/mol. The van der Waals surface area contributed by atoms with Crippen molar-refractivity contribution in [3.63, 3.8) is 0 Å². The Kier molecular flexibility index (Phi) is 6.50. The van der Waals surface area contributed by atoms with Crippen LogP contribution in [0.25, 0.3) is 5.76 Å². The van der Waals surface area contributed by atoms with Gasteiger partial charge in [0.25, 0.3) is 11.7 Å². The maximum Gasteiger partial charge on any atom is 0.295 e. The first-order valence-corrected chi connectivity index (χ1v) is 9.73. The van der Waals surface area contributed by atoms with Crippen LogP contribution < -0.4 is 9.47 Å². The second-order valence-corrected chi connectivity index (χ2v) is 7.45. The maximum atomic E-state index is 13.0. The average molecular weight is 426 g/mol. The molecule has 1 atom stereocenters. The van der Waals surface area contributed by atoms with Gasteiger partial charge in [0.1, 0.15) is 23.0 Å². The number of hydrogen-bond acceptors (Lipinski definition) is 7. The summed E-state index contributed by atoms with van der Waals surface area (Å²) in [5.41, 5.74) is 0.848. The number of ketones is 1. The lowest BCUT2D eigenvalue weighted by Crippen LogP contribution is -2.35. The van der Waals surface area contributed by atoms with Crippen LogP contribution in [-0.2, 0) is 9.59 Å². The molecule has 1 fully saturated rings. The maximum absolute atomic E-state index is 13.0. The number of phenolic OH excluding ortho intramolecular Hbond substituents is 1. The van der Waals surface area contributed by atoms with Crippen molar-refractivity contribution in [2.24, 2.45) is 0 Å². The van der Waals surface area contributed by atoms with Gasteiger partial charge in [0.05, 0.1) is 31.4 Å². The number of aromatic hydroxyl groups is 1.